The molecule has 134 valence electrons. The number of aromatic nitrogens is 1. The van der Waals surface area contributed by atoms with Crippen LogP contribution >= 0.6 is 12.2 Å². The van der Waals surface area contributed by atoms with Crippen molar-refractivity contribution in [1.82, 2.24) is 10.3 Å². The maximum Gasteiger partial charge on any atom is 0.251 e. The zero-order valence-corrected chi connectivity index (χ0v) is 15.5. The average molecular weight is 369 g/mol. The average Bonchev–Trinajstić information content (AvgIpc) is 2.59. The molecule has 1 heterocycles. The molecule has 0 spiro atoms. The van der Waals surface area contributed by atoms with Gasteiger partial charge < -0.3 is 15.6 Å². The number of hydrogen-bond acceptors (Lipinski definition) is 2. The Kier molecular flexibility index (Phi) is 5.32. The lowest BCUT2D eigenvalue weighted by atomic mass is 10.0. The molecular formula is C20H20FN3OS. The van der Waals surface area contributed by atoms with E-state index >= 15 is 0 Å². The number of fused-ring (bicyclic) bond motifs is 1. The van der Waals surface area contributed by atoms with Crippen LogP contribution in [0.1, 0.15) is 16.7 Å². The molecule has 0 atom stereocenters. The molecule has 3 N–H and O–H groups in total. The standard InChI is InChI=1S/C20H20FN3OS/c1-12-6-7-14-10-15(19(25)24-18(14)13(12)2)8-9-22-20(26)23-17-5-3-4-16(21)11-17/h3-7,10-11H,8-9H2,1-2H3,(H,24,25)(H2,22,23,26). The zero-order valence-electron chi connectivity index (χ0n) is 14.7. The Morgan fingerprint density at radius 2 is 2.00 bits per heavy atom. The maximum atomic E-state index is 13.2. The second kappa shape index (κ2) is 7.66. The van der Waals surface area contributed by atoms with Gasteiger partial charge in [0.2, 0.25) is 0 Å². The van der Waals surface area contributed by atoms with Crippen LogP contribution < -0.4 is 16.2 Å². The largest absolute Gasteiger partial charge is 0.362 e. The number of halogens is 1. The smallest absolute Gasteiger partial charge is 0.251 e. The molecule has 26 heavy (non-hydrogen) atoms. The molecule has 0 aliphatic rings. The fraction of sp³-hybridized carbons (Fsp3) is 0.200. The van der Waals surface area contributed by atoms with Gasteiger partial charge in [-0.15, -0.1) is 0 Å². The predicted octanol–water partition coefficient (Wildman–Crippen LogP) is 3.81. The Labute approximate surface area is 156 Å². The van der Waals surface area contributed by atoms with Gasteiger partial charge in [-0.05, 0) is 73.3 Å². The fourth-order valence-electron chi connectivity index (χ4n) is 2.81. The molecule has 2 aromatic carbocycles. The number of H-pyrrole nitrogens is 1. The molecule has 6 heteroatoms. The summed E-state index contributed by atoms with van der Waals surface area (Å²) in [5.74, 6) is -0.328. The molecule has 0 saturated carbocycles. The van der Waals surface area contributed by atoms with Gasteiger partial charge in [-0.2, -0.15) is 0 Å². The molecule has 0 saturated heterocycles. The van der Waals surface area contributed by atoms with E-state index in [-0.39, 0.29) is 11.4 Å². The van der Waals surface area contributed by atoms with Crippen molar-refractivity contribution < 1.29 is 4.39 Å². The molecule has 0 bridgehead atoms. The number of aryl methyl sites for hydroxylation is 2. The van der Waals surface area contributed by atoms with Crippen molar-refractivity contribution in [3.63, 3.8) is 0 Å². The monoisotopic (exact) mass is 369 g/mol. The second-order valence-electron chi connectivity index (χ2n) is 6.24. The topological polar surface area (TPSA) is 56.9 Å². The summed E-state index contributed by atoms with van der Waals surface area (Å²) >= 11 is 5.21. The minimum Gasteiger partial charge on any atom is -0.362 e. The maximum absolute atomic E-state index is 13.2. The van der Waals surface area contributed by atoms with E-state index < -0.39 is 0 Å². The van der Waals surface area contributed by atoms with Crippen LogP contribution in [0.2, 0.25) is 0 Å². The number of pyridine rings is 1. The van der Waals surface area contributed by atoms with Crippen molar-refractivity contribution >= 4 is 33.9 Å². The molecule has 0 radical (unpaired) electrons. The van der Waals surface area contributed by atoms with Crippen molar-refractivity contribution in [1.29, 1.82) is 0 Å². The summed E-state index contributed by atoms with van der Waals surface area (Å²) < 4.78 is 13.2. The first-order valence-corrected chi connectivity index (χ1v) is 8.77. The number of thiocarbonyl (C=S) groups is 1. The number of aromatic amines is 1. The highest BCUT2D eigenvalue weighted by Crippen LogP contribution is 2.18. The van der Waals surface area contributed by atoms with Crippen molar-refractivity contribution in [2.24, 2.45) is 0 Å². The van der Waals surface area contributed by atoms with E-state index in [9.17, 15) is 9.18 Å². The van der Waals surface area contributed by atoms with Crippen LogP contribution in [0.4, 0.5) is 10.1 Å². The molecule has 0 aliphatic heterocycles. The van der Waals surface area contributed by atoms with Crippen molar-refractivity contribution in [2.75, 3.05) is 11.9 Å². The Bertz CT molecular complexity index is 1030. The van der Waals surface area contributed by atoms with Crippen LogP contribution in [0.25, 0.3) is 10.9 Å². The summed E-state index contributed by atoms with van der Waals surface area (Å²) in [7, 11) is 0. The van der Waals surface area contributed by atoms with Gasteiger partial charge in [-0.25, -0.2) is 4.39 Å². The van der Waals surface area contributed by atoms with Crippen molar-refractivity contribution in [2.45, 2.75) is 20.3 Å². The van der Waals surface area contributed by atoms with Gasteiger partial charge in [0.05, 0.1) is 5.52 Å². The van der Waals surface area contributed by atoms with Gasteiger partial charge in [0, 0.05) is 17.8 Å². The molecular weight excluding hydrogens is 349 g/mol. The quantitative estimate of drug-likeness (QED) is 0.612. The van der Waals surface area contributed by atoms with E-state index in [1.54, 1.807) is 12.1 Å². The van der Waals surface area contributed by atoms with Crippen molar-refractivity contribution in [3.05, 3.63) is 75.3 Å². The van der Waals surface area contributed by atoms with Crippen LogP contribution in [0.5, 0.6) is 0 Å². The minimum atomic E-state index is -0.328. The second-order valence-corrected chi connectivity index (χ2v) is 6.64. The van der Waals surface area contributed by atoms with Gasteiger partial charge in [0.25, 0.3) is 5.56 Å². The molecule has 3 aromatic rings. The van der Waals surface area contributed by atoms with E-state index in [4.69, 9.17) is 12.2 Å². The molecule has 1 aromatic heterocycles. The van der Waals surface area contributed by atoms with E-state index in [0.29, 0.717) is 29.3 Å². The molecule has 4 nitrogen and oxygen atoms in total. The number of benzene rings is 2. The highest BCUT2D eigenvalue weighted by molar-refractivity contribution is 7.80. The van der Waals surface area contributed by atoms with Crippen LogP contribution in [0, 0.1) is 19.7 Å². The Hall–Kier alpha value is -2.73. The highest BCUT2D eigenvalue weighted by atomic mass is 32.1. The number of rotatable bonds is 4. The molecule has 3 rings (SSSR count). The SMILES string of the molecule is Cc1ccc2cc(CCNC(=S)Nc3cccc(F)c3)c(=O)[nH]c2c1C. The van der Waals surface area contributed by atoms with Crippen LogP contribution in [0.15, 0.2) is 47.3 Å². The fourth-order valence-corrected chi connectivity index (χ4v) is 3.03. The summed E-state index contributed by atoms with van der Waals surface area (Å²) in [4.78, 5) is 15.3. The molecule has 0 fully saturated rings. The first-order valence-electron chi connectivity index (χ1n) is 8.36. The third-order valence-corrected chi connectivity index (χ3v) is 4.64. The molecule has 0 aliphatic carbocycles. The van der Waals surface area contributed by atoms with Crippen LogP contribution in [0.3, 0.4) is 0 Å². The van der Waals surface area contributed by atoms with E-state index in [2.05, 4.69) is 21.7 Å². The van der Waals surface area contributed by atoms with Gasteiger partial charge in [-0.1, -0.05) is 18.2 Å². The first kappa shape index (κ1) is 18.1. The summed E-state index contributed by atoms with van der Waals surface area (Å²) in [6.07, 6.45) is 0.531. The minimum absolute atomic E-state index is 0.0861. The van der Waals surface area contributed by atoms with Gasteiger partial charge in [-0.3, -0.25) is 4.79 Å². The Balaban J connectivity index is 1.64. The van der Waals surface area contributed by atoms with Crippen LogP contribution in [-0.2, 0) is 6.42 Å². The lowest BCUT2D eigenvalue weighted by Crippen LogP contribution is -2.31. The number of nitrogens with one attached hydrogen (secondary N) is 3. The first-order chi connectivity index (χ1) is 12.4. The molecule has 0 unspecified atom stereocenters. The van der Waals surface area contributed by atoms with Gasteiger partial charge in [0.1, 0.15) is 5.82 Å². The zero-order chi connectivity index (χ0) is 18.7. The van der Waals surface area contributed by atoms with Crippen molar-refractivity contribution in [3.8, 4) is 0 Å². The third-order valence-electron chi connectivity index (χ3n) is 4.39. The predicted molar refractivity (Wildman–Crippen MR) is 108 cm³/mol. The Morgan fingerprint density at radius 3 is 2.77 bits per heavy atom. The van der Waals surface area contributed by atoms with Gasteiger partial charge in [0.15, 0.2) is 5.11 Å². The van der Waals surface area contributed by atoms with E-state index in [0.717, 1.165) is 22.0 Å². The summed E-state index contributed by atoms with van der Waals surface area (Å²) in [5, 5.41) is 7.37. The Morgan fingerprint density at radius 1 is 1.19 bits per heavy atom. The number of anilines is 1. The normalized spacial score (nSPS) is 10.7. The van der Waals surface area contributed by atoms with E-state index in [1.807, 2.05) is 26.0 Å². The number of hydrogen-bond donors (Lipinski definition) is 3. The van der Waals surface area contributed by atoms with Gasteiger partial charge >= 0.3 is 0 Å². The van der Waals surface area contributed by atoms with E-state index in [1.165, 1.54) is 12.1 Å². The summed E-state index contributed by atoms with van der Waals surface area (Å²) in [6, 6.07) is 12.1. The van der Waals surface area contributed by atoms with Crippen LogP contribution in [-0.4, -0.2) is 16.6 Å². The highest BCUT2D eigenvalue weighted by Gasteiger charge is 2.07. The lowest BCUT2D eigenvalue weighted by molar-refractivity contribution is 0.628. The summed E-state index contributed by atoms with van der Waals surface area (Å²) in [5.41, 5.74) is 4.31. The molecule has 0 amide bonds. The lowest BCUT2D eigenvalue weighted by Gasteiger charge is -2.11. The third kappa shape index (κ3) is 4.08. The summed E-state index contributed by atoms with van der Waals surface area (Å²) in [6.45, 7) is 4.53.